The Hall–Kier alpha value is -3.59. The minimum absolute atomic E-state index is 0.0219. The second-order valence-corrected chi connectivity index (χ2v) is 8.80. The first kappa shape index (κ1) is 22.6. The third kappa shape index (κ3) is 4.93. The number of carbonyl (C=O) groups excluding carboxylic acids is 1. The third-order valence-electron chi connectivity index (χ3n) is 5.35. The number of aromatic amines is 1. The number of rotatable bonds is 9. The Morgan fingerprint density at radius 3 is 2.94 bits per heavy atom. The van der Waals surface area contributed by atoms with Gasteiger partial charge in [0.25, 0.3) is 11.5 Å². The van der Waals surface area contributed by atoms with Crippen molar-refractivity contribution < 1.29 is 14.3 Å². The van der Waals surface area contributed by atoms with Gasteiger partial charge in [0.2, 0.25) is 0 Å². The van der Waals surface area contributed by atoms with Crippen LogP contribution < -0.4 is 20.9 Å². The second-order valence-electron chi connectivity index (χ2n) is 7.72. The molecule has 0 saturated carbocycles. The highest BCUT2D eigenvalue weighted by molar-refractivity contribution is 7.18. The van der Waals surface area contributed by atoms with Gasteiger partial charge in [-0.3, -0.25) is 9.59 Å². The summed E-state index contributed by atoms with van der Waals surface area (Å²) in [7, 11) is 0. The van der Waals surface area contributed by atoms with Crippen molar-refractivity contribution in [1.82, 2.24) is 15.3 Å². The van der Waals surface area contributed by atoms with Gasteiger partial charge in [0, 0.05) is 17.8 Å². The molecule has 33 heavy (non-hydrogen) atoms. The Labute approximate surface area is 195 Å². The summed E-state index contributed by atoms with van der Waals surface area (Å²) in [5.41, 5.74) is 2.82. The number of aryl methyl sites for hydroxylation is 2. The van der Waals surface area contributed by atoms with Crippen molar-refractivity contribution in [2.24, 2.45) is 0 Å². The molecular formula is C24H26N4O4S. The van der Waals surface area contributed by atoms with E-state index < -0.39 is 0 Å². The number of nitrogens with one attached hydrogen (secondary N) is 3. The number of hydrogen-bond donors (Lipinski definition) is 3. The number of amides is 1. The molecule has 1 amide bonds. The maximum absolute atomic E-state index is 12.8. The Bertz CT molecular complexity index is 1310. The Morgan fingerprint density at radius 2 is 2.15 bits per heavy atom. The lowest BCUT2D eigenvalue weighted by atomic mass is 10.1. The SMILES string of the molecule is C=C(CCc1sc2nc(C(=C)NCc3ccc4c(c3)NC(=O)CO4)[nH]c(=O)c2c1C)OCC. The van der Waals surface area contributed by atoms with Crippen LogP contribution in [-0.4, -0.2) is 29.1 Å². The summed E-state index contributed by atoms with van der Waals surface area (Å²) < 4.78 is 10.8. The van der Waals surface area contributed by atoms with Crippen molar-refractivity contribution in [3.8, 4) is 5.75 Å². The van der Waals surface area contributed by atoms with Crippen LogP contribution in [0.1, 0.15) is 35.2 Å². The number of fused-ring (bicyclic) bond motifs is 2. The molecule has 1 aliphatic rings. The number of hydrogen-bond acceptors (Lipinski definition) is 7. The highest BCUT2D eigenvalue weighted by Gasteiger charge is 2.17. The number of carbonyl (C=O) groups is 1. The number of H-pyrrole nitrogens is 1. The van der Waals surface area contributed by atoms with Crippen molar-refractivity contribution in [2.45, 2.75) is 33.2 Å². The Balaban J connectivity index is 1.48. The fraction of sp³-hybridized carbons (Fsp3) is 0.292. The second kappa shape index (κ2) is 9.50. The van der Waals surface area contributed by atoms with Gasteiger partial charge < -0.3 is 25.1 Å². The largest absolute Gasteiger partial charge is 0.499 e. The van der Waals surface area contributed by atoms with E-state index in [9.17, 15) is 9.59 Å². The van der Waals surface area contributed by atoms with Crippen LogP contribution in [0.2, 0.25) is 0 Å². The summed E-state index contributed by atoms with van der Waals surface area (Å²) in [5.74, 6) is 1.60. The van der Waals surface area contributed by atoms with Crippen LogP contribution in [-0.2, 0) is 22.5 Å². The van der Waals surface area contributed by atoms with Crippen LogP contribution in [0.25, 0.3) is 15.9 Å². The Morgan fingerprint density at radius 1 is 1.33 bits per heavy atom. The lowest BCUT2D eigenvalue weighted by Gasteiger charge is -2.18. The van der Waals surface area contributed by atoms with Crippen LogP contribution >= 0.6 is 11.3 Å². The molecule has 9 heteroatoms. The van der Waals surface area contributed by atoms with E-state index >= 15 is 0 Å². The van der Waals surface area contributed by atoms with E-state index in [2.05, 4.69) is 33.8 Å². The van der Waals surface area contributed by atoms with E-state index in [4.69, 9.17) is 9.47 Å². The lowest BCUT2D eigenvalue weighted by molar-refractivity contribution is -0.118. The van der Waals surface area contributed by atoms with Crippen LogP contribution in [0, 0.1) is 6.92 Å². The molecule has 0 aliphatic carbocycles. The van der Waals surface area contributed by atoms with Crippen molar-refractivity contribution in [2.75, 3.05) is 18.5 Å². The average Bonchev–Trinajstić information content (AvgIpc) is 3.11. The first-order valence-corrected chi connectivity index (χ1v) is 11.5. The smallest absolute Gasteiger partial charge is 0.262 e. The van der Waals surface area contributed by atoms with E-state index in [1.807, 2.05) is 32.0 Å². The van der Waals surface area contributed by atoms with Gasteiger partial charge in [0.05, 0.1) is 29.1 Å². The highest BCUT2D eigenvalue weighted by Crippen LogP contribution is 2.30. The van der Waals surface area contributed by atoms with Gasteiger partial charge >= 0.3 is 0 Å². The number of aromatic nitrogens is 2. The van der Waals surface area contributed by atoms with Crippen LogP contribution in [0.15, 0.2) is 41.9 Å². The molecule has 0 bridgehead atoms. The number of anilines is 1. The minimum Gasteiger partial charge on any atom is -0.499 e. The zero-order valence-electron chi connectivity index (χ0n) is 18.7. The minimum atomic E-state index is -0.185. The van der Waals surface area contributed by atoms with Gasteiger partial charge in [-0.25, -0.2) is 4.98 Å². The average molecular weight is 467 g/mol. The fourth-order valence-corrected chi connectivity index (χ4v) is 4.81. The molecule has 3 N–H and O–H groups in total. The molecule has 1 aromatic carbocycles. The van der Waals surface area contributed by atoms with Crippen LogP contribution in [0.4, 0.5) is 5.69 Å². The first-order valence-electron chi connectivity index (χ1n) is 10.7. The van der Waals surface area contributed by atoms with Crippen LogP contribution in [0.5, 0.6) is 5.75 Å². The highest BCUT2D eigenvalue weighted by atomic mass is 32.1. The van der Waals surface area contributed by atoms with Crippen molar-refractivity contribution in [3.05, 3.63) is 69.3 Å². The molecule has 4 rings (SSSR count). The summed E-state index contributed by atoms with van der Waals surface area (Å²) in [5, 5.41) is 6.60. The van der Waals surface area contributed by atoms with Gasteiger partial charge in [-0.05, 0) is 43.5 Å². The van der Waals surface area contributed by atoms with E-state index in [-0.39, 0.29) is 18.1 Å². The van der Waals surface area contributed by atoms with Crippen molar-refractivity contribution in [3.63, 3.8) is 0 Å². The monoisotopic (exact) mass is 466 g/mol. The number of thiophene rings is 1. The molecule has 0 unspecified atom stereocenters. The van der Waals surface area contributed by atoms with Gasteiger partial charge in [-0.15, -0.1) is 11.3 Å². The molecule has 1 aliphatic heterocycles. The van der Waals surface area contributed by atoms with E-state index in [0.717, 1.165) is 28.2 Å². The van der Waals surface area contributed by atoms with Gasteiger partial charge in [0.1, 0.15) is 10.6 Å². The zero-order valence-corrected chi connectivity index (χ0v) is 19.5. The third-order valence-corrected chi connectivity index (χ3v) is 6.59. The summed E-state index contributed by atoms with van der Waals surface area (Å²) in [6.07, 6.45) is 1.45. The molecule has 2 aromatic heterocycles. The molecular weight excluding hydrogens is 440 g/mol. The predicted octanol–water partition coefficient (Wildman–Crippen LogP) is 3.87. The van der Waals surface area contributed by atoms with Gasteiger partial charge in [0.15, 0.2) is 12.4 Å². The number of ether oxygens (including phenoxy) is 2. The molecule has 3 heterocycles. The molecule has 172 valence electrons. The van der Waals surface area contributed by atoms with E-state index in [1.54, 1.807) is 0 Å². The maximum Gasteiger partial charge on any atom is 0.262 e. The standard InChI is InChI=1S/C24H26N4O4S/c1-5-31-13(2)6-9-19-14(3)21-23(30)27-22(28-24(21)33-19)15(4)25-11-16-7-8-18-17(10-16)26-20(29)12-32-18/h7-8,10,25H,2,4-6,9,11-12H2,1,3H3,(H,26,29)(H,27,28,30). The van der Waals surface area contributed by atoms with Crippen molar-refractivity contribution >= 4 is 38.8 Å². The number of allylic oxidation sites excluding steroid dienone is 1. The lowest BCUT2D eigenvalue weighted by Crippen LogP contribution is -2.25. The summed E-state index contributed by atoms with van der Waals surface area (Å²) >= 11 is 1.51. The summed E-state index contributed by atoms with van der Waals surface area (Å²) in [4.78, 5) is 33.6. The first-order chi connectivity index (χ1) is 15.9. The Kier molecular flexibility index (Phi) is 6.50. The number of nitrogens with zero attached hydrogens (tertiary/aromatic N) is 1. The van der Waals surface area contributed by atoms with Gasteiger partial charge in [-0.1, -0.05) is 19.2 Å². The predicted molar refractivity (Wildman–Crippen MR) is 131 cm³/mol. The molecule has 0 atom stereocenters. The maximum atomic E-state index is 12.8. The molecule has 0 fully saturated rings. The van der Waals surface area contributed by atoms with Crippen LogP contribution in [0.3, 0.4) is 0 Å². The normalized spacial score (nSPS) is 12.6. The topological polar surface area (TPSA) is 105 Å². The fourth-order valence-electron chi connectivity index (χ4n) is 3.63. The van der Waals surface area contributed by atoms with Crippen molar-refractivity contribution in [1.29, 1.82) is 0 Å². The quantitative estimate of drug-likeness (QED) is 0.414. The molecule has 3 aromatic rings. The van der Waals surface area contributed by atoms with Gasteiger partial charge in [-0.2, -0.15) is 0 Å². The molecule has 0 saturated heterocycles. The van der Waals surface area contributed by atoms with E-state index in [0.29, 0.717) is 52.7 Å². The summed E-state index contributed by atoms with van der Waals surface area (Å²) in [6, 6.07) is 5.56. The zero-order chi connectivity index (χ0) is 23.5. The van der Waals surface area contributed by atoms with E-state index in [1.165, 1.54) is 11.3 Å². The molecule has 0 spiro atoms. The molecule has 0 radical (unpaired) electrons. The molecule has 8 nitrogen and oxygen atoms in total. The summed E-state index contributed by atoms with van der Waals surface area (Å²) in [6.45, 7) is 12.9. The number of benzene rings is 1.